The third kappa shape index (κ3) is 5.00. The van der Waals surface area contributed by atoms with E-state index < -0.39 is 5.91 Å². The summed E-state index contributed by atoms with van der Waals surface area (Å²) in [6.45, 7) is 0. The molecule has 1 aromatic heterocycles. The second-order valence-electron chi connectivity index (χ2n) is 6.23. The number of carbonyl (C=O) groups excluding carboxylic acids is 2. The Morgan fingerprint density at radius 3 is 2.65 bits per heavy atom. The van der Waals surface area contributed by atoms with Crippen LogP contribution in [0.1, 0.15) is 36.2 Å². The van der Waals surface area contributed by atoms with Crippen molar-refractivity contribution in [3.8, 4) is 0 Å². The molecule has 0 aliphatic heterocycles. The topological polar surface area (TPSA) is 97.4 Å². The van der Waals surface area contributed by atoms with Crippen molar-refractivity contribution in [3.05, 3.63) is 47.4 Å². The van der Waals surface area contributed by atoms with Gasteiger partial charge in [-0.1, -0.05) is 18.0 Å². The summed E-state index contributed by atoms with van der Waals surface area (Å²) in [5, 5.41) is 6.05. The van der Waals surface area contributed by atoms with Gasteiger partial charge in [-0.2, -0.15) is 0 Å². The number of nitrogens with two attached hydrogens (primary N) is 1. The van der Waals surface area contributed by atoms with Crippen LogP contribution in [-0.2, 0) is 4.79 Å². The SMILES string of the molecule is Cl.NC1CCCC(C(=O)Nc2ccc(Cl)cc2NC(=O)c2ccco2)C1. The molecule has 140 valence electrons. The second-order valence-corrected chi connectivity index (χ2v) is 6.67. The molecule has 2 unspecified atom stereocenters. The van der Waals surface area contributed by atoms with Gasteiger partial charge in [0, 0.05) is 17.0 Å². The van der Waals surface area contributed by atoms with E-state index in [4.69, 9.17) is 21.8 Å². The molecule has 1 aromatic carbocycles. The van der Waals surface area contributed by atoms with Crippen LogP contribution in [-0.4, -0.2) is 17.9 Å². The number of amides is 2. The molecule has 2 aromatic rings. The fourth-order valence-corrected chi connectivity index (χ4v) is 3.19. The van der Waals surface area contributed by atoms with Gasteiger partial charge in [0.1, 0.15) is 0 Å². The number of benzene rings is 1. The minimum absolute atomic E-state index is 0. The fraction of sp³-hybridized carbons (Fsp3) is 0.333. The average Bonchev–Trinajstić information content (AvgIpc) is 3.12. The molecule has 0 saturated heterocycles. The Labute approximate surface area is 162 Å². The third-order valence-electron chi connectivity index (χ3n) is 4.32. The maximum Gasteiger partial charge on any atom is 0.291 e. The third-order valence-corrected chi connectivity index (χ3v) is 4.55. The van der Waals surface area contributed by atoms with Gasteiger partial charge in [-0.15, -0.1) is 12.4 Å². The Morgan fingerprint density at radius 1 is 1.15 bits per heavy atom. The highest BCUT2D eigenvalue weighted by atomic mass is 35.5. The molecule has 0 spiro atoms. The summed E-state index contributed by atoms with van der Waals surface area (Å²) in [7, 11) is 0. The normalized spacial score (nSPS) is 19.3. The largest absolute Gasteiger partial charge is 0.459 e. The van der Waals surface area contributed by atoms with Gasteiger partial charge in [0.25, 0.3) is 5.91 Å². The number of halogens is 2. The summed E-state index contributed by atoms with van der Waals surface area (Å²) >= 11 is 6.03. The average molecular weight is 398 g/mol. The maximum atomic E-state index is 12.5. The van der Waals surface area contributed by atoms with Crippen molar-refractivity contribution in [3.63, 3.8) is 0 Å². The van der Waals surface area contributed by atoms with Gasteiger partial charge in [0.05, 0.1) is 17.6 Å². The molecule has 1 aliphatic carbocycles. The van der Waals surface area contributed by atoms with Gasteiger partial charge < -0.3 is 20.8 Å². The Kier molecular flexibility index (Phi) is 7.08. The van der Waals surface area contributed by atoms with Crippen molar-refractivity contribution < 1.29 is 14.0 Å². The highest BCUT2D eigenvalue weighted by Crippen LogP contribution is 2.29. The first-order valence-corrected chi connectivity index (χ1v) is 8.61. The predicted octanol–water partition coefficient (Wildman–Crippen LogP) is 4.06. The number of carbonyl (C=O) groups is 2. The van der Waals surface area contributed by atoms with Crippen LogP contribution in [0.2, 0.25) is 5.02 Å². The Bertz CT molecular complexity index is 765. The summed E-state index contributed by atoms with van der Waals surface area (Å²) in [4.78, 5) is 24.7. The van der Waals surface area contributed by atoms with E-state index in [9.17, 15) is 9.59 Å². The molecular weight excluding hydrogens is 377 g/mol. The smallest absolute Gasteiger partial charge is 0.291 e. The van der Waals surface area contributed by atoms with Crippen molar-refractivity contribution in [1.82, 2.24) is 0 Å². The zero-order valence-electron chi connectivity index (χ0n) is 14.0. The van der Waals surface area contributed by atoms with Crippen molar-refractivity contribution >= 4 is 47.2 Å². The van der Waals surface area contributed by atoms with Crippen molar-refractivity contribution in [2.24, 2.45) is 11.7 Å². The predicted molar refractivity (Wildman–Crippen MR) is 104 cm³/mol. The van der Waals surface area contributed by atoms with Crippen molar-refractivity contribution in [2.45, 2.75) is 31.7 Å². The number of anilines is 2. The van der Waals surface area contributed by atoms with E-state index >= 15 is 0 Å². The lowest BCUT2D eigenvalue weighted by Crippen LogP contribution is -2.34. The molecule has 8 heteroatoms. The van der Waals surface area contributed by atoms with Gasteiger partial charge >= 0.3 is 0 Å². The molecule has 2 atom stereocenters. The molecule has 1 aliphatic rings. The Hall–Kier alpha value is -2.02. The van der Waals surface area contributed by atoms with Crippen molar-refractivity contribution in [2.75, 3.05) is 10.6 Å². The van der Waals surface area contributed by atoms with Gasteiger partial charge in [0.15, 0.2) is 5.76 Å². The van der Waals surface area contributed by atoms with Crippen molar-refractivity contribution in [1.29, 1.82) is 0 Å². The minimum atomic E-state index is -0.414. The zero-order chi connectivity index (χ0) is 17.8. The van der Waals surface area contributed by atoms with E-state index in [2.05, 4.69) is 10.6 Å². The highest BCUT2D eigenvalue weighted by molar-refractivity contribution is 6.31. The maximum absolute atomic E-state index is 12.5. The van der Waals surface area contributed by atoms with Crippen LogP contribution in [0.5, 0.6) is 0 Å². The lowest BCUT2D eigenvalue weighted by molar-refractivity contribution is -0.120. The number of hydrogen-bond donors (Lipinski definition) is 3. The van der Waals surface area contributed by atoms with Gasteiger partial charge in [0.2, 0.25) is 5.91 Å². The second kappa shape index (κ2) is 9.07. The van der Waals surface area contributed by atoms with Gasteiger partial charge in [-0.25, -0.2) is 0 Å². The monoisotopic (exact) mass is 397 g/mol. The van der Waals surface area contributed by atoms with Crippen LogP contribution in [0, 0.1) is 5.92 Å². The number of furan rings is 1. The molecule has 1 heterocycles. The molecule has 1 fully saturated rings. The van der Waals surface area contributed by atoms with E-state index in [1.807, 2.05) is 0 Å². The van der Waals surface area contributed by atoms with Gasteiger partial charge in [-0.05, 0) is 49.6 Å². The summed E-state index contributed by atoms with van der Waals surface area (Å²) in [6.07, 6.45) is 4.81. The first kappa shape index (κ1) is 20.3. The zero-order valence-corrected chi connectivity index (χ0v) is 15.6. The Balaban J connectivity index is 0.00000243. The Morgan fingerprint density at radius 2 is 1.96 bits per heavy atom. The molecule has 6 nitrogen and oxygen atoms in total. The van der Waals surface area contributed by atoms with Gasteiger partial charge in [-0.3, -0.25) is 9.59 Å². The summed E-state index contributed by atoms with van der Waals surface area (Å²) in [5.41, 5.74) is 6.87. The summed E-state index contributed by atoms with van der Waals surface area (Å²) in [5.74, 6) is -0.447. The highest BCUT2D eigenvalue weighted by Gasteiger charge is 2.26. The lowest BCUT2D eigenvalue weighted by atomic mass is 9.85. The molecule has 0 radical (unpaired) electrons. The molecule has 0 bridgehead atoms. The minimum Gasteiger partial charge on any atom is -0.459 e. The van der Waals surface area contributed by atoms with E-state index in [1.54, 1.807) is 30.3 Å². The fourth-order valence-electron chi connectivity index (χ4n) is 3.02. The number of hydrogen-bond acceptors (Lipinski definition) is 4. The molecule has 26 heavy (non-hydrogen) atoms. The quantitative estimate of drug-likeness (QED) is 0.724. The van der Waals surface area contributed by atoms with Crippen LogP contribution in [0.25, 0.3) is 0 Å². The first-order chi connectivity index (χ1) is 12.0. The molecule has 1 saturated carbocycles. The molecule has 3 rings (SSSR count). The molecule has 2 amide bonds. The molecular formula is C18H21Cl2N3O3. The van der Waals surface area contributed by atoms with E-state index in [0.29, 0.717) is 22.8 Å². The van der Waals surface area contributed by atoms with E-state index in [-0.39, 0.29) is 36.0 Å². The first-order valence-electron chi connectivity index (χ1n) is 8.24. The van der Waals surface area contributed by atoms with Crippen LogP contribution in [0.15, 0.2) is 41.0 Å². The van der Waals surface area contributed by atoms with Crippen LogP contribution in [0.3, 0.4) is 0 Å². The van der Waals surface area contributed by atoms with Crippen LogP contribution < -0.4 is 16.4 Å². The van der Waals surface area contributed by atoms with E-state index in [1.165, 1.54) is 6.26 Å². The number of nitrogens with one attached hydrogen (secondary N) is 2. The summed E-state index contributed by atoms with van der Waals surface area (Å²) < 4.78 is 5.08. The van der Waals surface area contributed by atoms with Crippen LogP contribution in [0.4, 0.5) is 11.4 Å². The molecule has 4 N–H and O–H groups in total. The standard InChI is InChI=1S/C18H20ClN3O3.ClH/c19-12-6-7-14(21-17(23)11-3-1-4-13(20)9-11)15(10-12)22-18(24)16-5-2-8-25-16;/h2,5-8,10-11,13H,1,3-4,9,20H2,(H,21,23)(H,22,24);1H. The lowest BCUT2D eigenvalue weighted by Gasteiger charge is -2.26. The number of rotatable bonds is 4. The summed E-state index contributed by atoms with van der Waals surface area (Å²) in [6, 6.07) is 8.16. The van der Waals surface area contributed by atoms with Crippen LogP contribution >= 0.6 is 24.0 Å². The van der Waals surface area contributed by atoms with E-state index in [0.717, 1.165) is 19.3 Å².